The van der Waals surface area contributed by atoms with Crippen LogP contribution in [0.25, 0.3) is 0 Å². The van der Waals surface area contributed by atoms with Crippen LogP contribution in [0, 0.1) is 5.92 Å². The van der Waals surface area contributed by atoms with Crippen LogP contribution in [0.3, 0.4) is 0 Å². The molecule has 0 aromatic heterocycles. The third-order valence-corrected chi connectivity index (χ3v) is 3.89. The minimum Gasteiger partial charge on any atom is -0.383 e. The molecule has 2 saturated heterocycles. The molecule has 2 unspecified atom stereocenters. The fraction of sp³-hybridized carbons (Fsp3) is 0.846. The first-order valence-electron chi connectivity index (χ1n) is 7.21. The average Bonchev–Trinajstić information content (AvgIpc) is 2.80. The standard InChI is InChI=1S/C13H24N4O3/c1-20-6-5-15-13(19)16-12(18)9-17-7-10-3-2-4-14-11(10)8-17/h10-11,14H,2-9H2,1H3,(H2,15,16,18,19). The summed E-state index contributed by atoms with van der Waals surface area (Å²) in [5.74, 6) is 0.394. The monoisotopic (exact) mass is 284 g/mol. The van der Waals surface area contributed by atoms with E-state index >= 15 is 0 Å². The van der Waals surface area contributed by atoms with Crippen LogP contribution in [-0.2, 0) is 9.53 Å². The molecule has 7 nitrogen and oxygen atoms in total. The SMILES string of the molecule is COCCNC(=O)NC(=O)CN1CC2CCCNC2C1. The van der Waals surface area contributed by atoms with Crippen molar-refractivity contribution in [2.24, 2.45) is 5.92 Å². The van der Waals surface area contributed by atoms with E-state index in [1.165, 1.54) is 12.8 Å². The lowest BCUT2D eigenvalue weighted by Crippen LogP contribution is -2.45. The second-order valence-electron chi connectivity index (χ2n) is 5.45. The molecular weight excluding hydrogens is 260 g/mol. The zero-order valence-corrected chi connectivity index (χ0v) is 12.0. The van der Waals surface area contributed by atoms with E-state index in [1.54, 1.807) is 7.11 Å². The van der Waals surface area contributed by atoms with Gasteiger partial charge in [-0.25, -0.2) is 4.79 Å². The maximum absolute atomic E-state index is 11.8. The first-order valence-corrected chi connectivity index (χ1v) is 7.21. The first kappa shape index (κ1) is 15.2. The molecule has 0 spiro atoms. The normalized spacial score (nSPS) is 26.1. The summed E-state index contributed by atoms with van der Waals surface area (Å²) in [5.41, 5.74) is 0. The van der Waals surface area contributed by atoms with Gasteiger partial charge in [0.1, 0.15) is 0 Å². The van der Waals surface area contributed by atoms with Crippen molar-refractivity contribution in [3.05, 3.63) is 0 Å². The zero-order chi connectivity index (χ0) is 14.4. The zero-order valence-electron chi connectivity index (χ0n) is 12.0. The van der Waals surface area contributed by atoms with Gasteiger partial charge in [-0.1, -0.05) is 0 Å². The van der Waals surface area contributed by atoms with E-state index in [2.05, 4.69) is 20.9 Å². The molecule has 2 atom stereocenters. The second-order valence-corrected chi connectivity index (χ2v) is 5.45. The number of ether oxygens (including phenoxy) is 1. The molecule has 0 saturated carbocycles. The Morgan fingerprint density at radius 2 is 2.25 bits per heavy atom. The largest absolute Gasteiger partial charge is 0.383 e. The molecule has 2 aliphatic heterocycles. The molecule has 0 aliphatic carbocycles. The van der Waals surface area contributed by atoms with Crippen LogP contribution in [0.5, 0.6) is 0 Å². The van der Waals surface area contributed by atoms with E-state index in [1.807, 2.05) is 0 Å². The number of urea groups is 1. The molecule has 3 N–H and O–H groups in total. The van der Waals surface area contributed by atoms with Gasteiger partial charge in [0.15, 0.2) is 0 Å². The van der Waals surface area contributed by atoms with Crippen molar-refractivity contribution in [3.8, 4) is 0 Å². The van der Waals surface area contributed by atoms with Gasteiger partial charge in [-0.2, -0.15) is 0 Å². The van der Waals surface area contributed by atoms with Crippen LogP contribution in [0.2, 0.25) is 0 Å². The minimum absolute atomic E-state index is 0.251. The highest BCUT2D eigenvalue weighted by Gasteiger charge is 2.34. The molecule has 0 bridgehead atoms. The Hall–Kier alpha value is -1.18. The number of nitrogens with one attached hydrogen (secondary N) is 3. The molecule has 2 aliphatic rings. The van der Waals surface area contributed by atoms with Gasteiger partial charge in [0.2, 0.25) is 5.91 Å². The van der Waals surface area contributed by atoms with Crippen LogP contribution in [-0.4, -0.2) is 69.3 Å². The smallest absolute Gasteiger partial charge is 0.321 e. The predicted molar refractivity (Wildman–Crippen MR) is 74.4 cm³/mol. The van der Waals surface area contributed by atoms with E-state index in [0.717, 1.165) is 19.6 Å². The Morgan fingerprint density at radius 1 is 1.40 bits per heavy atom. The first-order chi connectivity index (χ1) is 9.69. The van der Waals surface area contributed by atoms with Crippen LogP contribution >= 0.6 is 0 Å². The molecule has 3 amide bonds. The van der Waals surface area contributed by atoms with E-state index in [4.69, 9.17) is 4.74 Å². The molecule has 2 rings (SSSR count). The lowest BCUT2D eigenvalue weighted by molar-refractivity contribution is -0.120. The molecule has 114 valence electrons. The number of piperidine rings is 1. The van der Waals surface area contributed by atoms with Gasteiger partial charge in [-0.15, -0.1) is 0 Å². The summed E-state index contributed by atoms with van der Waals surface area (Å²) >= 11 is 0. The van der Waals surface area contributed by atoms with Gasteiger partial charge >= 0.3 is 6.03 Å². The third-order valence-electron chi connectivity index (χ3n) is 3.89. The number of rotatable bonds is 5. The number of carbonyl (C=O) groups excluding carboxylic acids is 2. The predicted octanol–water partition coefficient (Wildman–Crippen LogP) is -0.858. The average molecular weight is 284 g/mol. The number of likely N-dealkylation sites (tertiary alicyclic amines) is 1. The summed E-state index contributed by atoms with van der Waals surface area (Å²) in [5, 5.41) is 8.40. The van der Waals surface area contributed by atoms with Crippen molar-refractivity contribution < 1.29 is 14.3 Å². The van der Waals surface area contributed by atoms with Gasteiger partial charge < -0.3 is 15.4 Å². The number of fused-ring (bicyclic) bond motifs is 1. The number of imide groups is 1. The van der Waals surface area contributed by atoms with Crippen molar-refractivity contribution in [2.75, 3.05) is 46.4 Å². The number of carbonyl (C=O) groups is 2. The quantitative estimate of drug-likeness (QED) is 0.572. The van der Waals surface area contributed by atoms with Crippen molar-refractivity contribution in [3.63, 3.8) is 0 Å². The van der Waals surface area contributed by atoms with Crippen molar-refractivity contribution in [2.45, 2.75) is 18.9 Å². The summed E-state index contributed by atoms with van der Waals surface area (Å²) in [6, 6.07) is 0.0499. The van der Waals surface area contributed by atoms with Crippen molar-refractivity contribution >= 4 is 11.9 Å². The summed E-state index contributed by atoms with van der Waals surface area (Å²) in [6.07, 6.45) is 2.44. The fourth-order valence-electron chi connectivity index (χ4n) is 2.95. The van der Waals surface area contributed by atoms with Crippen LogP contribution < -0.4 is 16.0 Å². The van der Waals surface area contributed by atoms with E-state index in [9.17, 15) is 9.59 Å². The van der Waals surface area contributed by atoms with Gasteiger partial charge in [-0.3, -0.25) is 15.0 Å². The molecule has 0 radical (unpaired) electrons. The molecule has 2 heterocycles. The minimum atomic E-state index is -0.457. The lowest BCUT2D eigenvalue weighted by atomic mass is 9.94. The molecule has 7 heteroatoms. The second kappa shape index (κ2) is 7.56. The van der Waals surface area contributed by atoms with Crippen molar-refractivity contribution in [1.82, 2.24) is 20.9 Å². The summed E-state index contributed by atoms with van der Waals surface area (Å²) in [7, 11) is 1.56. The van der Waals surface area contributed by atoms with Gasteiger partial charge in [0.05, 0.1) is 13.2 Å². The highest BCUT2D eigenvalue weighted by Crippen LogP contribution is 2.24. The Bertz CT molecular complexity index is 337. The van der Waals surface area contributed by atoms with E-state index in [-0.39, 0.29) is 12.5 Å². The van der Waals surface area contributed by atoms with Gasteiger partial charge in [-0.05, 0) is 25.3 Å². The summed E-state index contributed by atoms with van der Waals surface area (Å²) < 4.78 is 4.82. The fourth-order valence-corrected chi connectivity index (χ4v) is 2.95. The Kier molecular flexibility index (Phi) is 5.75. The molecule has 0 aromatic rings. The lowest BCUT2D eigenvalue weighted by Gasteiger charge is -2.24. The summed E-state index contributed by atoms with van der Waals surface area (Å²) in [4.78, 5) is 25.3. The topological polar surface area (TPSA) is 82.7 Å². The van der Waals surface area contributed by atoms with Crippen LogP contribution in [0.4, 0.5) is 4.79 Å². The Labute approximate surface area is 119 Å². The van der Waals surface area contributed by atoms with Crippen molar-refractivity contribution in [1.29, 1.82) is 0 Å². The number of amides is 3. The van der Waals surface area contributed by atoms with E-state index < -0.39 is 6.03 Å². The van der Waals surface area contributed by atoms with Gasteiger partial charge in [0.25, 0.3) is 0 Å². The number of methoxy groups -OCH3 is 1. The van der Waals surface area contributed by atoms with Crippen LogP contribution in [0.1, 0.15) is 12.8 Å². The molecular formula is C13H24N4O3. The molecule has 2 fully saturated rings. The maximum atomic E-state index is 11.8. The Morgan fingerprint density at radius 3 is 3.00 bits per heavy atom. The maximum Gasteiger partial charge on any atom is 0.321 e. The third kappa shape index (κ3) is 4.43. The number of hydrogen-bond donors (Lipinski definition) is 3. The molecule has 20 heavy (non-hydrogen) atoms. The molecule has 0 aromatic carbocycles. The van der Waals surface area contributed by atoms with Crippen LogP contribution in [0.15, 0.2) is 0 Å². The number of hydrogen-bond acceptors (Lipinski definition) is 5. The Balaban J connectivity index is 1.66. The highest BCUT2D eigenvalue weighted by molar-refractivity contribution is 5.95. The number of nitrogens with zero attached hydrogens (tertiary/aromatic N) is 1. The van der Waals surface area contributed by atoms with Gasteiger partial charge in [0, 0.05) is 32.8 Å². The highest BCUT2D eigenvalue weighted by atomic mass is 16.5. The summed E-state index contributed by atoms with van der Waals surface area (Å²) in [6.45, 7) is 4.02. The van der Waals surface area contributed by atoms with E-state index in [0.29, 0.717) is 25.1 Å².